The van der Waals surface area contributed by atoms with E-state index in [0.717, 1.165) is 25.3 Å². The van der Waals surface area contributed by atoms with Gasteiger partial charge in [-0.15, -0.1) is 0 Å². The van der Waals surface area contributed by atoms with E-state index in [2.05, 4.69) is 13.8 Å². The molecular formula is C13H28F3NO. The van der Waals surface area contributed by atoms with Crippen LogP contribution in [0.4, 0.5) is 13.2 Å². The third-order valence-electron chi connectivity index (χ3n) is 1.72. The lowest BCUT2D eigenvalue weighted by molar-refractivity contribution is -0.117. The van der Waals surface area contributed by atoms with Crippen LogP contribution in [-0.4, -0.2) is 31.1 Å². The molecule has 0 saturated carbocycles. The molecule has 0 radical (unpaired) electrons. The van der Waals surface area contributed by atoms with Crippen LogP contribution in [0.1, 0.15) is 53.9 Å². The number of nitrogens with zero attached hydrogens (tertiary/aromatic N) is 1. The van der Waals surface area contributed by atoms with Crippen molar-refractivity contribution in [3.63, 3.8) is 0 Å². The van der Waals surface area contributed by atoms with E-state index in [-0.39, 0.29) is 6.92 Å². The molecule has 0 heterocycles. The number of carbonyl (C=O) groups is 1. The summed E-state index contributed by atoms with van der Waals surface area (Å²) in [7, 11) is 1.82. The zero-order chi connectivity index (χ0) is 15.2. The van der Waals surface area contributed by atoms with E-state index in [9.17, 15) is 18.0 Å². The molecule has 0 rings (SSSR count). The molecule has 0 atom stereocenters. The molecule has 18 heavy (non-hydrogen) atoms. The van der Waals surface area contributed by atoms with Crippen LogP contribution in [0.25, 0.3) is 0 Å². The molecule has 2 nitrogen and oxygen atoms in total. The van der Waals surface area contributed by atoms with Crippen molar-refractivity contribution in [2.24, 2.45) is 5.92 Å². The van der Waals surface area contributed by atoms with Gasteiger partial charge in [0.1, 0.15) is 0 Å². The Morgan fingerprint density at radius 2 is 1.56 bits per heavy atom. The van der Waals surface area contributed by atoms with E-state index >= 15 is 0 Å². The predicted octanol–water partition coefficient (Wildman–Crippen LogP) is 4.50. The number of rotatable bonds is 6. The smallest absolute Gasteiger partial charge is 0.348 e. The maximum Gasteiger partial charge on any atom is 0.386 e. The number of alkyl halides is 3. The maximum atomic E-state index is 10.4. The Balaban J connectivity index is -0.000000270. The van der Waals surface area contributed by atoms with Gasteiger partial charge in [0.05, 0.1) is 0 Å². The first-order chi connectivity index (χ1) is 8.16. The van der Waals surface area contributed by atoms with E-state index in [4.69, 9.17) is 0 Å². The van der Waals surface area contributed by atoms with Crippen LogP contribution >= 0.6 is 0 Å². The van der Waals surface area contributed by atoms with Crippen molar-refractivity contribution < 1.29 is 18.0 Å². The number of unbranched alkanes of at least 4 members (excludes halogenated alkanes) is 1. The van der Waals surface area contributed by atoms with Crippen molar-refractivity contribution in [3.05, 3.63) is 0 Å². The molecule has 0 aromatic carbocycles. The second kappa shape index (κ2) is 14.3. The lowest BCUT2D eigenvalue weighted by Crippen LogP contribution is -2.16. The summed E-state index contributed by atoms with van der Waals surface area (Å²) in [6.07, 6.45) is 0.519. The van der Waals surface area contributed by atoms with Crippen molar-refractivity contribution in [3.8, 4) is 0 Å². The average molecular weight is 271 g/mol. The Bertz CT molecular complexity index is 164. The Morgan fingerprint density at radius 3 is 1.83 bits per heavy atom. The van der Waals surface area contributed by atoms with Crippen molar-refractivity contribution in [2.45, 2.75) is 60.1 Å². The van der Waals surface area contributed by atoms with Crippen LogP contribution in [0.5, 0.6) is 0 Å². The summed E-state index contributed by atoms with van der Waals surface area (Å²) in [5, 5.41) is 0. The number of halogens is 3. The molecule has 0 aliphatic rings. The third-order valence-corrected chi connectivity index (χ3v) is 1.72. The second-order valence-electron chi connectivity index (χ2n) is 4.26. The molecule has 0 bridgehead atoms. The fourth-order valence-electron chi connectivity index (χ4n) is 0.966. The third kappa shape index (κ3) is 45.5. The summed E-state index contributed by atoms with van der Waals surface area (Å²) in [5.41, 5.74) is 0. The van der Waals surface area contributed by atoms with Gasteiger partial charge in [0.25, 0.3) is 0 Å². The fourth-order valence-corrected chi connectivity index (χ4v) is 0.966. The average Bonchev–Trinajstić information content (AvgIpc) is 2.24. The molecule has 0 saturated heterocycles. The normalized spacial score (nSPS) is 9.89. The number of hydrogen-bond acceptors (Lipinski definition) is 1. The van der Waals surface area contributed by atoms with Gasteiger partial charge in [-0.05, 0) is 12.3 Å². The van der Waals surface area contributed by atoms with Crippen molar-refractivity contribution >= 4 is 6.41 Å². The van der Waals surface area contributed by atoms with Gasteiger partial charge < -0.3 is 4.90 Å². The van der Waals surface area contributed by atoms with E-state index in [1.807, 2.05) is 20.9 Å². The van der Waals surface area contributed by atoms with Crippen LogP contribution in [0.3, 0.4) is 0 Å². The molecule has 0 fully saturated rings. The van der Waals surface area contributed by atoms with Gasteiger partial charge in [-0.25, -0.2) is 0 Å². The minimum absolute atomic E-state index is 0.188. The topological polar surface area (TPSA) is 20.3 Å². The monoisotopic (exact) mass is 271 g/mol. The molecule has 0 aliphatic carbocycles. The number of carbonyl (C=O) groups excluding carboxylic acids is 1. The summed E-state index contributed by atoms with van der Waals surface area (Å²) in [6.45, 7) is 9.54. The first-order valence-electron chi connectivity index (χ1n) is 6.39. The second-order valence-corrected chi connectivity index (χ2v) is 4.26. The largest absolute Gasteiger partial charge is 0.386 e. The summed E-state index contributed by atoms with van der Waals surface area (Å²) < 4.78 is 31.1. The highest BCUT2D eigenvalue weighted by Crippen LogP contribution is 2.10. The minimum atomic E-state index is -4.00. The summed E-state index contributed by atoms with van der Waals surface area (Å²) in [6, 6.07) is 0. The standard InChI is InChI=1S/C9H19NO.C2H3F3.C2H6/c1-9(2)6-4-5-7-10(3)8-11;1-2(3,4)5;1-2/h8-9H,4-7H2,1-3H3;1H3;1-2H3. The van der Waals surface area contributed by atoms with Crippen LogP contribution in [0, 0.1) is 5.92 Å². The van der Waals surface area contributed by atoms with Crippen LogP contribution in [0.2, 0.25) is 0 Å². The first-order valence-corrected chi connectivity index (χ1v) is 6.39. The first kappa shape index (κ1) is 22.4. The van der Waals surface area contributed by atoms with Gasteiger partial charge in [0.2, 0.25) is 6.41 Å². The minimum Gasteiger partial charge on any atom is -0.348 e. The molecule has 1 amide bonds. The Kier molecular flexibility index (Phi) is 17.9. The SMILES string of the molecule is CC.CC(C)CCCCN(C)C=O.CC(F)(F)F. The molecule has 5 heteroatoms. The summed E-state index contributed by atoms with van der Waals surface area (Å²) >= 11 is 0. The Hall–Kier alpha value is -0.740. The van der Waals surface area contributed by atoms with E-state index in [0.29, 0.717) is 0 Å². The van der Waals surface area contributed by atoms with Gasteiger partial charge in [-0.3, -0.25) is 4.79 Å². The summed E-state index contributed by atoms with van der Waals surface area (Å²) in [5.74, 6) is 0.788. The van der Waals surface area contributed by atoms with Gasteiger partial charge >= 0.3 is 6.18 Å². The lowest BCUT2D eigenvalue weighted by Gasteiger charge is -2.10. The van der Waals surface area contributed by atoms with Crippen LogP contribution in [-0.2, 0) is 4.79 Å². The quantitative estimate of drug-likeness (QED) is 0.514. The van der Waals surface area contributed by atoms with Crippen LogP contribution in [0.15, 0.2) is 0 Å². The molecule has 0 aliphatic heterocycles. The summed E-state index contributed by atoms with van der Waals surface area (Å²) in [4.78, 5) is 11.9. The van der Waals surface area contributed by atoms with E-state index in [1.54, 1.807) is 4.90 Å². The van der Waals surface area contributed by atoms with E-state index in [1.165, 1.54) is 12.8 Å². The highest BCUT2D eigenvalue weighted by atomic mass is 19.4. The molecule has 0 unspecified atom stereocenters. The number of hydrogen-bond donors (Lipinski definition) is 0. The van der Waals surface area contributed by atoms with Crippen LogP contribution < -0.4 is 0 Å². The van der Waals surface area contributed by atoms with E-state index < -0.39 is 6.18 Å². The van der Waals surface area contributed by atoms with Gasteiger partial charge in [0.15, 0.2) is 0 Å². The van der Waals surface area contributed by atoms with Crippen molar-refractivity contribution in [1.82, 2.24) is 4.90 Å². The number of amides is 1. The highest BCUT2D eigenvalue weighted by molar-refractivity contribution is 5.46. The van der Waals surface area contributed by atoms with Crippen molar-refractivity contribution in [1.29, 1.82) is 0 Å². The molecule has 0 aromatic heterocycles. The maximum absolute atomic E-state index is 10.4. The van der Waals surface area contributed by atoms with Gasteiger partial charge in [0, 0.05) is 20.5 Å². The highest BCUT2D eigenvalue weighted by Gasteiger charge is 2.15. The predicted molar refractivity (Wildman–Crippen MR) is 70.5 cm³/mol. The fraction of sp³-hybridized carbons (Fsp3) is 0.923. The van der Waals surface area contributed by atoms with Gasteiger partial charge in [-0.1, -0.05) is 40.5 Å². The Labute approximate surface area is 110 Å². The zero-order valence-corrected chi connectivity index (χ0v) is 12.5. The zero-order valence-electron chi connectivity index (χ0n) is 12.5. The Morgan fingerprint density at radius 1 is 1.17 bits per heavy atom. The molecule has 0 aromatic rings. The molecule has 0 N–H and O–H groups in total. The molecule has 112 valence electrons. The molecule has 0 spiro atoms. The lowest BCUT2D eigenvalue weighted by atomic mass is 10.1. The molecular weight excluding hydrogens is 243 g/mol. The van der Waals surface area contributed by atoms with Gasteiger partial charge in [-0.2, -0.15) is 13.2 Å². The van der Waals surface area contributed by atoms with Crippen molar-refractivity contribution in [2.75, 3.05) is 13.6 Å².